The fourth-order valence-corrected chi connectivity index (χ4v) is 5.98. The molecule has 4 heterocycles. The molecule has 0 radical (unpaired) electrons. The zero-order valence-corrected chi connectivity index (χ0v) is 20.2. The summed E-state index contributed by atoms with van der Waals surface area (Å²) in [6, 6.07) is 26.0. The molecule has 170 valence electrons. The summed E-state index contributed by atoms with van der Waals surface area (Å²) in [5, 5.41) is 7.20. The second kappa shape index (κ2) is 6.17. The predicted octanol–water partition coefficient (Wildman–Crippen LogP) is 7.04. The van der Waals surface area contributed by atoms with Crippen molar-refractivity contribution >= 4 is 72.6 Å². The smallest absolute Gasteiger partial charge is 0.456 e. The fraction of sp³-hybridized carbons (Fsp3) is 0.200. The SMILES string of the molecule is CC1(C)OB(c2ccc3c4c2oc2cccc(c5cccc6c7ccccc7n3c56)c24)OC1(C)C. The topological polar surface area (TPSA) is 36.0 Å². The molecule has 5 heteroatoms. The Morgan fingerprint density at radius 1 is 0.629 bits per heavy atom. The molecule has 0 bridgehead atoms. The van der Waals surface area contributed by atoms with Gasteiger partial charge in [0.15, 0.2) is 0 Å². The molecule has 1 aliphatic rings. The van der Waals surface area contributed by atoms with E-state index in [-0.39, 0.29) is 0 Å². The van der Waals surface area contributed by atoms with Crippen molar-refractivity contribution in [2.75, 3.05) is 0 Å². The van der Waals surface area contributed by atoms with E-state index in [2.05, 4.69) is 105 Å². The maximum atomic E-state index is 6.62. The van der Waals surface area contributed by atoms with E-state index in [1.165, 1.54) is 32.6 Å². The van der Waals surface area contributed by atoms with E-state index in [0.717, 1.165) is 32.9 Å². The average molecular weight is 457 g/mol. The first kappa shape index (κ1) is 19.7. The lowest BCUT2D eigenvalue weighted by Gasteiger charge is -2.32. The molecule has 3 aromatic heterocycles. The van der Waals surface area contributed by atoms with Gasteiger partial charge in [-0.3, -0.25) is 0 Å². The molecule has 0 aliphatic carbocycles. The van der Waals surface area contributed by atoms with Crippen LogP contribution in [-0.4, -0.2) is 22.7 Å². The van der Waals surface area contributed by atoms with Crippen LogP contribution in [0.5, 0.6) is 0 Å². The molecule has 35 heavy (non-hydrogen) atoms. The summed E-state index contributed by atoms with van der Waals surface area (Å²) in [5.41, 5.74) is 5.37. The zero-order valence-electron chi connectivity index (χ0n) is 20.2. The Hall–Kier alpha value is -3.54. The minimum Gasteiger partial charge on any atom is -0.456 e. The number of aromatic nitrogens is 1. The molecule has 0 unspecified atom stereocenters. The Morgan fingerprint density at radius 3 is 2.09 bits per heavy atom. The summed E-state index contributed by atoms with van der Waals surface area (Å²) >= 11 is 0. The zero-order chi connectivity index (χ0) is 23.7. The lowest BCUT2D eigenvalue weighted by molar-refractivity contribution is 0.00578. The third kappa shape index (κ3) is 2.31. The van der Waals surface area contributed by atoms with Gasteiger partial charge < -0.3 is 18.1 Å². The van der Waals surface area contributed by atoms with Gasteiger partial charge in [-0.1, -0.05) is 54.6 Å². The first-order chi connectivity index (χ1) is 16.9. The van der Waals surface area contributed by atoms with Crippen LogP contribution in [0.15, 0.2) is 77.2 Å². The Bertz CT molecular complexity index is 1960. The summed E-state index contributed by atoms with van der Waals surface area (Å²) in [7, 11) is -0.495. The third-order valence-electron chi connectivity index (χ3n) is 8.39. The summed E-state index contributed by atoms with van der Waals surface area (Å²) in [4.78, 5) is 0. The van der Waals surface area contributed by atoms with Gasteiger partial charge in [0.2, 0.25) is 0 Å². The van der Waals surface area contributed by atoms with Crippen molar-refractivity contribution in [3.63, 3.8) is 0 Å². The van der Waals surface area contributed by atoms with E-state index in [1.807, 2.05) is 0 Å². The number of benzene rings is 4. The summed E-state index contributed by atoms with van der Waals surface area (Å²) < 4.78 is 21.9. The molecule has 7 aromatic rings. The highest BCUT2D eigenvalue weighted by molar-refractivity contribution is 6.65. The highest BCUT2D eigenvalue weighted by Gasteiger charge is 2.52. The molecule has 0 atom stereocenters. The van der Waals surface area contributed by atoms with Crippen LogP contribution in [0.25, 0.3) is 60.0 Å². The molecular formula is C30H24BNO3. The van der Waals surface area contributed by atoms with Crippen molar-refractivity contribution in [2.24, 2.45) is 0 Å². The second-order valence-corrected chi connectivity index (χ2v) is 10.8. The molecule has 0 spiro atoms. The van der Waals surface area contributed by atoms with Crippen LogP contribution in [-0.2, 0) is 9.31 Å². The molecule has 4 aromatic carbocycles. The molecule has 4 nitrogen and oxygen atoms in total. The number of fused-ring (bicyclic) bond motifs is 5. The highest BCUT2D eigenvalue weighted by atomic mass is 16.7. The van der Waals surface area contributed by atoms with Crippen molar-refractivity contribution in [1.82, 2.24) is 4.40 Å². The van der Waals surface area contributed by atoms with Gasteiger partial charge in [0, 0.05) is 27.0 Å². The molecular weight excluding hydrogens is 433 g/mol. The van der Waals surface area contributed by atoms with Gasteiger partial charge >= 0.3 is 7.12 Å². The fourth-order valence-electron chi connectivity index (χ4n) is 5.98. The van der Waals surface area contributed by atoms with E-state index in [1.54, 1.807) is 0 Å². The van der Waals surface area contributed by atoms with Crippen LogP contribution >= 0.6 is 0 Å². The second-order valence-electron chi connectivity index (χ2n) is 10.8. The Morgan fingerprint density at radius 2 is 1.29 bits per heavy atom. The minimum atomic E-state index is -0.495. The Balaban J connectivity index is 1.62. The van der Waals surface area contributed by atoms with Crippen LogP contribution in [0.1, 0.15) is 27.7 Å². The quantitative estimate of drug-likeness (QED) is 0.248. The van der Waals surface area contributed by atoms with Crippen LogP contribution < -0.4 is 5.46 Å². The Labute approximate surface area is 202 Å². The molecule has 0 N–H and O–H groups in total. The third-order valence-corrected chi connectivity index (χ3v) is 8.39. The normalized spacial score (nSPS) is 17.9. The van der Waals surface area contributed by atoms with Crippen LogP contribution in [0, 0.1) is 0 Å². The lowest BCUT2D eigenvalue weighted by atomic mass is 9.78. The van der Waals surface area contributed by atoms with Gasteiger partial charge in [0.05, 0.1) is 33.1 Å². The Kier molecular flexibility index (Phi) is 3.48. The molecule has 8 rings (SSSR count). The van der Waals surface area contributed by atoms with Gasteiger partial charge in [-0.25, -0.2) is 0 Å². The van der Waals surface area contributed by atoms with Crippen molar-refractivity contribution in [3.8, 4) is 0 Å². The van der Waals surface area contributed by atoms with Crippen LogP contribution in [0.3, 0.4) is 0 Å². The van der Waals surface area contributed by atoms with Gasteiger partial charge in [-0.05, 0) is 51.3 Å². The van der Waals surface area contributed by atoms with Gasteiger partial charge in [0.25, 0.3) is 0 Å². The summed E-state index contributed by atoms with van der Waals surface area (Å²) in [6.45, 7) is 8.34. The van der Waals surface area contributed by atoms with Crippen molar-refractivity contribution < 1.29 is 13.7 Å². The predicted molar refractivity (Wildman–Crippen MR) is 144 cm³/mol. The van der Waals surface area contributed by atoms with Gasteiger partial charge in [-0.2, -0.15) is 0 Å². The maximum Gasteiger partial charge on any atom is 0.498 e. The summed E-state index contributed by atoms with van der Waals surface area (Å²) in [5.74, 6) is 0. The van der Waals surface area contributed by atoms with Gasteiger partial charge in [-0.15, -0.1) is 0 Å². The molecule has 1 aliphatic heterocycles. The average Bonchev–Trinajstić information content (AvgIpc) is 3.42. The van der Waals surface area contributed by atoms with E-state index in [4.69, 9.17) is 13.7 Å². The molecule has 0 amide bonds. The van der Waals surface area contributed by atoms with Crippen molar-refractivity contribution in [1.29, 1.82) is 0 Å². The summed E-state index contributed by atoms with van der Waals surface area (Å²) in [6.07, 6.45) is 0. The van der Waals surface area contributed by atoms with Crippen LogP contribution in [0.2, 0.25) is 0 Å². The number of hydrogen-bond donors (Lipinski definition) is 0. The number of para-hydroxylation sites is 2. The van der Waals surface area contributed by atoms with Gasteiger partial charge in [0.1, 0.15) is 11.2 Å². The van der Waals surface area contributed by atoms with E-state index in [0.29, 0.717) is 0 Å². The largest absolute Gasteiger partial charge is 0.498 e. The number of rotatable bonds is 1. The van der Waals surface area contributed by atoms with E-state index < -0.39 is 18.3 Å². The number of hydrogen-bond acceptors (Lipinski definition) is 3. The van der Waals surface area contributed by atoms with Crippen molar-refractivity contribution in [2.45, 2.75) is 38.9 Å². The lowest BCUT2D eigenvalue weighted by Crippen LogP contribution is -2.41. The number of furan rings is 1. The molecule has 1 fully saturated rings. The molecule has 1 saturated heterocycles. The van der Waals surface area contributed by atoms with Crippen molar-refractivity contribution in [3.05, 3.63) is 72.8 Å². The standard InChI is InChI=1S/C30H24BNO3/c1-29(2)30(3,4)35-31(34-29)21-15-16-23-26-25-18(10-8-14-24(25)33-28(21)26)20-12-7-11-19-17-9-5-6-13-22(17)32(23)27(19)20/h5-16H,1-4H3. The minimum absolute atomic E-state index is 0.424. The van der Waals surface area contributed by atoms with Crippen LogP contribution in [0.4, 0.5) is 0 Å². The molecule has 0 saturated carbocycles. The van der Waals surface area contributed by atoms with E-state index >= 15 is 0 Å². The number of nitrogens with zero attached hydrogens (tertiary/aromatic N) is 1. The monoisotopic (exact) mass is 457 g/mol. The maximum absolute atomic E-state index is 6.62. The highest BCUT2D eigenvalue weighted by Crippen LogP contribution is 2.43. The first-order valence-electron chi connectivity index (χ1n) is 12.2. The first-order valence-corrected chi connectivity index (χ1v) is 12.2. The van der Waals surface area contributed by atoms with E-state index in [9.17, 15) is 0 Å².